The number of hydrogen-bond donors (Lipinski definition) is 1. The molecule has 0 radical (unpaired) electrons. The van der Waals surface area contributed by atoms with E-state index in [1.807, 2.05) is 37.8 Å². The van der Waals surface area contributed by atoms with E-state index in [9.17, 15) is 9.90 Å². The first-order valence-corrected chi connectivity index (χ1v) is 10.3. The second kappa shape index (κ2) is 8.38. The first kappa shape index (κ1) is 20.4. The van der Waals surface area contributed by atoms with E-state index in [1.54, 1.807) is 0 Å². The van der Waals surface area contributed by atoms with E-state index in [2.05, 4.69) is 17.0 Å². The van der Waals surface area contributed by atoms with Gasteiger partial charge in [0.15, 0.2) is 0 Å². The van der Waals surface area contributed by atoms with Crippen LogP contribution >= 0.6 is 11.6 Å². The van der Waals surface area contributed by atoms with E-state index in [0.717, 1.165) is 37.3 Å². The van der Waals surface area contributed by atoms with Crippen molar-refractivity contribution in [2.75, 3.05) is 19.6 Å². The molecule has 0 saturated carbocycles. The molecule has 0 aromatic heterocycles. The number of aliphatic hydroxyl groups is 1. The van der Waals surface area contributed by atoms with Crippen LogP contribution in [0.3, 0.4) is 0 Å². The molecular formula is C21H31ClN2O3. The summed E-state index contributed by atoms with van der Waals surface area (Å²) >= 11 is 5.99. The molecule has 6 heteroatoms. The van der Waals surface area contributed by atoms with Gasteiger partial charge in [-0.05, 0) is 64.2 Å². The van der Waals surface area contributed by atoms with Crippen molar-refractivity contribution in [3.8, 4) is 0 Å². The van der Waals surface area contributed by atoms with Crippen LogP contribution in [0.4, 0.5) is 4.79 Å². The van der Waals surface area contributed by atoms with Crippen LogP contribution in [0.15, 0.2) is 24.3 Å². The highest BCUT2D eigenvalue weighted by atomic mass is 35.5. The second-order valence-corrected chi connectivity index (χ2v) is 9.21. The van der Waals surface area contributed by atoms with Gasteiger partial charge in [-0.25, -0.2) is 4.79 Å². The van der Waals surface area contributed by atoms with Gasteiger partial charge in [0.25, 0.3) is 0 Å². The van der Waals surface area contributed by atoms with Crippen molar-refractivity contribution in [3.63, 3.8) is 0 Å². The van der Waals surface area contributed by atoms with Gasteiger partial charge in [0, 0.05) is 36.7 Å². The first-order valence-electron chi connectivity index (χ1n) is 9.87. The second-order valence-electron chi connectivity index (χ2n) is 8.77. The summed E-state index contributed by atoms with van der Waals surface area (Å²) in [5, 5.41) is 11.0. The third kappa shape index (κ3) is 5.59. The summed E-state index contributed by atoms with van der Waals surface area (Å²) in [7, 11) is 0. The molecule has 1 aromatic carbocycles. The van der Waals surface area contributed by atoms with Gasteiger partial charge < -0.3 is 14.7 Å². The quantitative estimate of drug-likeness (QED) is 0.848. The largest absolute Gasteiger partial charge is 0.444 e. The van der Waals surface area contributed by atoms with Crippen molar-refractivity contribution in [1.29, 1.82) is 0 Å². The fraction of sp³-hybridized carbons (Fsp3) is 0.667. The zero-order valence-corrected chi connectivity index (χ0v) is 17.3. The Morgan fingerprint density at radius 2 is 1.85 bits per heavy atom. The number of hydrogen-bond acceptors (Lipinski definition) is 4. The molecule has 0 aliphatic carbocycles. The molecule has 150 valence electrons. The molecule has 1 aromatic rings. The summed E-state index contributed by atoms with van der Waals surface area (Å²) in [5.74, 6) is 0. The zero-order valence-electron chi connectivity index (χ0n) is 16.5. The number of ether oxygens (including phenoxy) is 1. The maximum atomic E-state index is 12.3. The summed E-state index contributed by atoms with van der Waals surface area (Å²) < 4.78 is 5.49. The van der Waals surface area contributed by atoms with Gasteiger partial charge in [-0.15, -0.1) is 0 Å². The number of benzene rings is 1. The molecule has 5 nitrogen and oxygen atoms in total. The molecule has 1 amide bonds. The Labute approximate surface area is 167 Å². The van der Waals surface area contributed by atoms with Gasteiger partial charge in [-0.2, -0.15) is 0 Å². The molecular weight excluding hydrogens is 364 g/mol. The Hall–Kier alpha value is -1.30. The first-order chi connectivity index (χ1) is 12.7. The monoisotopic (exact) mass is 394 g/mol. The van der Waals surface area contributed by atoms with Gasteiger partial charge in [0.1, 0.15) is 5.60 Å². The van der Waals surface area contributed by atoms with Crippen LogP contribution < -0.4 is 0 Å². The molecule has 3 rings (SSSR count). The topological polar surface area (TPSA) is 53.0 Å². The van der Waals surface area contributed by atoms with Crippen LogP contribution in [0.5, 0.6) is 0 Å². The Balaban J connectivity index is 1.57. The molecule has 1 unspecified atom stereocenters. The molecule has 2 aliphatic rings. The molecule has 27 heavy (non-hydrogen) atoms. The summed E-state index contributed by atoms with van der Waals surface area (Å²) in [6, 6.07) is 8.71. The average Bonchev–Trinajstić information content (AvgIpc) is 2.96. The molecule has 2 saturated heterocycles. The van der Waals surface area contributed by atoms with Gasteiger partial charge in [-0.3, -0.25) is 4.90 Å². The number of halogens is 1. The molecule has 1 N–H and O–H groups in total. The number of amides is 1. The predicted molar refractivity (Wildman–Crippen MR) is 107 cm³/mol. The van der Waals surface area contributed by atoms with Crippen LogP contribution in [0, 0.1) is 0 Å². The highest BCUT2D eigenvalue weighted by Crippen LogP contribution is 2.29. The van der Waals surface area contributed by atoms with E-state index in [1.165, 1.54) is 5.56 Å². The van der Waals surface area contributed by atoms with Gasteiger partial charge in [0.2, 0.25) is 0 Å². The minimum atomic E-state index is -0.462. The van der Waals surface area contributed by atoms with Crippen molar-refractivity contribution < 1.29 is 14.6 Å². The molecule has 0 bridgehead atoms. The number of carbonyl (C=O) groups is 1. The molecule has 2 aliphatic heterocycles. The van der Waals surface area contributed by atoms with Gasteiger partial charge in [-0.1, -0.05) is 23.7 Å². The van der Waals surface area contributed by atoms with E-state index >= 15 is 0 Å². The van der Waals surface area contributed by atoms with E-state index in [4.69, 9.17) is 16.3 Å². The summed E-state index contributed by atoms with van der Waals surface area (Å²) in [4.78, 5) is 16.5. The number of likely N-dealkylation sites (tertiary alicyclic amines) is 2. The van der Waals surface area contributed by atoms with Crippen molar-refractivity contribution in [2.24, 2.45) is 0 Å². The van der Waals surface area contributed by atoms with Crippen LogP contribution in [0.2, 0.25) is 5.02 Å². The predicted octanol–water partition coefficient (Wildman–Crippen LogP) is 3.72. The lowest BCUT2D eigenvalue weighted by Gasteiger charge is -2.39. The number of rotatable bonds is 3. The lowest BCUT2D eigenvalue weighted by atomic mass is 9.99. The normalized spacial score (nSPS) is 25.0. The highest BCUT2D eigenvalue weighted by Gasteiger charge is 2.37. The Bertz CT molecular complexity index is 636. The van der Waals surface area contributed by atoms with Crippen molar-refractivity contribution in [1.82, 2.24) is 9.80 Å². The van der Waals surface area contributed by atoms with Gasteiger partial charge >= 0.3 is 6.09 Å². The fourth-order valence-electron chi connectivity index (χ4n) is 4.16. The number of aliphatic hydroxyl groups excluding tert-OH is 1. The highest BCUT2D eigenvalue weighted by molar-refractivity contribution is 6.30. The van der Waals surface area contributed by atoms with Crippen LogP contribution in [-0.2, 0) is 11.2 Å². The lowest BCUT2D eigenvalue weighted by Crippen LogP contribution is -2.49. The number of carbonyl (C=O) groups excluding carboxylic acids is 1. The number of nitrogens with zero attached hydrogens (tertiary/aromatic N) is 2. The number of piperidine rings is 1. The van der Waals surface area contributed by atoms with E-state index in [-0.39, 0.29) is 12.2 Å². The smallest absolute Gasteiger partial charge is 0.410 e. The number of β-amino-alcohol motifs (C(OH)–C–C–N with tert-alkyl or cyclic N) is 1. The minimum Gasteiger partial charge on any atom is -0.444 e. The molecule has 2 atom stereocenters. The maximum absolute atomic E-state index is 12.3. The molecule has 2 heterocycles. The summed E-state index contributed by atoms with van der Waals surface area (Å²) in [6.07, 6.45) is 3.06. The maximum Gasteiger partial charge on any atom is 0.410 e. The summed E-state index contributed by atoms with van der Waals surface area (Å²) in [6.45, 7) is 7.81. The van der Waals surface area contributed by atoms with Crippen LogP contribution in [0.1, 0.15) is 45.6 Å². The summed E-state index contributed by atoms with van der Waals surface area (Å²) in [5.41, 5.74) is 0.783. The van der Waals surface area contributed by atoms with Crippen LogP contribution in [-0.4, -0.2) is 64.4 Å². The van der Waals surface area contributed by atoms with Crippen molar-refractivity contribution >= 4 is 17.7 Å². The lowest BCUT2D eigenvalue weighted by molar-refractivity contribution is 0.0128. The average molecular weight is 395 g/mol. The SMILES string of the molecule is CC(C)(C)OC(=O)N1CCC(N2C[C@@H](O)CC2Cc2ccc(Cl)cc2)CC1. The van der Waals surface area contributed by atoms with Gasteiger partial charge in [0.05, 0.1) is 6.10 Å². The molecule has 0 spiro atoms. The van der Waals surface area contributed by atoms with E-state index < -0.39 is 5.60 Å². The third-order valence-electron chi connectivity index (χ3n) is 5.40. The minimum absolute atomic E-state index is 0.222. The Morgan fingerprint density at radius 3 is 2.44 bits per heavy atom. The van der Waals surface area contributed by atoms with Crippen molar-refractivity contribution in [2.45, 2.75) is 70.2 Å². The fourth-order valence-corrected chi connectivity index (χ4v) is 4.29. The zero-order chi connectivity index (χ0) is 19.6. The third-order valence-corrected chi connectivity index (χ3v) is 5.66. The Kier molecular flexibility index (Phi) is 6.34. The Morgan fingerprint density at radius 1 is 1.22 bits per heavy atom. The van der Waals surface area contributed by atoms with Crippen LogP contribution in [0.25, 0.3) is 0 Å². The van der Waals surface area contributed by atoms with E-state index in [0.29, 0.717) is 25.2 Å². The standard InChI is InChI=1S/C21H31ClN2O3/c1-21(2,3)27-20(26)23-10-8-17(9-11-23)24-14-19(25)13-18(24)12-15-4-6-16(22)7-5-15/h4-7,17-19,25H,8-14H2,1-3H3/t18?,19-/m0/s1. The van der Waals surface area contributed by atoms with Crippen molar-refractivity contribution in [3.05, 3.63) is 34.9 Å². The molecule has 2 fully saturated rings.